The average molecular weight is 335 g/mol. The summed E-state index contributed by atoms with van der Waals surface area (Å²) in [7, 11) is 1.33. The number of carbonyl (C=O) groups excluding carboxylic acids is 2. The summed E-state index contributed by atoms with van der Waals surface area (Å²) in [6, 6.07) is 11.6. The zero-order valence-corrected chi connectivity index (χ0v) is 12.2. The van der Waals surface area contributed by atoms with E-state index in [1.165, 1.54) is 7.11 Å². The lowest BCUT2D eigenvalue weighted by atomic mass is 10.2. The van der Waals surface area contributed by atoms with Crippen molar-refractivity contribution >= 4 is 28.2 Å². The third-order valence-electron chi connectivity index (χ3n) is 2.60. The van der Waals surface area contributed by atoms with Gasteiger partial charge in [0.1, 0.15) is 17.8 Å². The molecule has 0 amide bonds. The maximum Gasteiger partial charge on any atom is 0.337 e. The van der Waals surface area contributed by atoms with Crippen molar-refractivity contribution in [3.8, 4) is 11.5 Å². The van der Waals surface area contributed by atoms with E-state index in [-0.39, 0.29) is 0 Å². The number of esters is 1. The van der Waals surface area contributed by atoms with E-state index >= 15 is 0 Å². The Morgan fingerprint density at radius 1 is 1.15 bits per heavy atom. The van der Waals surface area contributed by atoms with E-state index in [1.54, 1.807) is 42.5 Å². The SMILES string of the molecule is COC(=O)c1ccc(Oc2ccc(C=O)cc2Br)cc1. The summed E-state index contributed by atoms with van der Waals surface area (Å²) in [5.74, 6) is 0.770. The minimum atomic E-state index is -0.395. The van der Waals surface area contributed by atoms with E-state index in [9.17, 15) is 9.59 Å². The van der Waals surface area contributed by atoms with E-state index in [2.05, 4.69) is 20.7 Å². The van der Waals surface area contributed by atoms with Crippen molar-refractivity contribution in [1.29, 1.82) is 0 Å². The summed E-state index contributed by atoms with van der Waals surface area (Å²) >= 11 is 3.34. The van der Waals surface area contributed by atoms with Crippen molar-refractivity contribution in [2.24, 2.45) is 0 Å². The first-order valence-electron chi connectivity index (χ1n) is 5.75. The number of rotatable bonds is 4. The first-order valence-corrected chi connectivity index (χ1v) is 6.54. The number of carbonyl (C=O) groups is 2. The Balaban J connectivity index is 2.18. The van der Waals surface area contributed by atoms with Crippen molar-refractivity contribution in [1.82, 2.24) is 0 Å². The molecule has 0 saturated carbocycles. The van der Waals surface area contributed by atoms with Gasteiger partial charge < -0.3 is 9.47 Å². The summed E-state index contributed by atoms with van der Waals surface area (Å²) in [5.41, 5.74) is 1.01. The molecule has 0 atom stereocenters. The van der Waals surface area contributed by atoms with Crippen LogP contribution in [0.5, 0.6) is 11.5 Å². The van der Waals surface area contributed by atoms with Gasteiger partial charge in [0.05, 0.1) is 17.1 Å². The van der Waals surface area contributed by atoms with Crippen LogP contribution in [0.25, 0.3) is 0 Å². The van der Waals surface area contributed by atoms with Crippen LogP contribution in [0.4, 0.5) is 0 Å². The second-order valence-corrected chi connectivity index (χ2v) is 4.78. The summed E-state index contributed by atoms with van der Waals surface area (Å²) in [4.78, 5) is 22.0. The molecule has 2 aromatic rings. The highest BCUT2D eigenvalue weighted by Gasteiger charge is 2.07. The Morgan fingerprint density at radius 2 is 1.85 bits per heavy atom. The van der Waals surface area contributed by atoms with Crippen LogP contribution in [0.15, 0.2) is 46.9 Å². The Kier molecular flexibility index (Phi) is 4.53. The fraction of sp³-hybridized carbons (Fsp3) is 0.0667. The molecule has 0 aromatic heterocycles. The van der Waals surface area contributed by atoms with Gasteiger partial charge >= 0.3 is 5.97 Å². The van der Waals surface area contributed by atoms with Crippen LogP contribution < -0.4 is 4.74 Å². The highest BCUT2D eigenvalue weighted by molar-refractivity contribution is 9.10. The molecule has 0 radical (unpaired) electrons. The van der Waals surface area contributed by atoms with Gasteiger partial charge in [-0.25, -0.2) is 4.79 Å². The summed E-state index contributed by atoms with van der Waals surface area (Å²) in [5, 5.41) is 0. The molecule has 2 aromatic carbocycles. The summed E-state index contributed by atoms with van der Waals surface area (Å²) in [6.07, 6.45) is 0.764. The predicted octanol–water partition coefficient (Wildman–Crippen LogP) is 3.84. The van der Waals surface area contributed by atoms with Crippen LogP contribution in [0.2, 0.25) is 0 Å². The first-order chi connectivity index (χ1) is 9.63. The molecule has 2 rings (SSSR count). The Bertz CT molecular complexity index is 635. The molecule has 0 aliphatic heterocycles. The number of hydrogen-bond donors (Lipinski definition) is 0. The highest BCUT2D eigenvalue weighted by Crippen LogP contribution is 2.30. The molecule has 0 bridgehead atoms. The number of methoxy groups -OCH3 is 1. The van der Waals surface area contributed by atoms with E-state index in [4.69, 9.17) is 4.74 Å². The molecular formula is C15H11BrO4. The van der Waals surface area contributed by atoms with Crippen LogP contribution in [0.1, 0.15) is 20.7 Å². The number of benzene rings is 2. The lowest BCUT2D eigenvalue weighted by Gasteiger charge is -2.08. The fourth-order valence-corrected chi connectivity index (χ4v) is 2.05. The van der Waals surface area contributed by atoms with E-state index in [1.807, 2.05) is 0 Å². The van der Waals surface area contributed by atoms with Crippen molar-refractivity contribution in [2.45, 2.75) is 0 Å². The predicted molar refractivity (Wildman–Crippen MR) is 77.4 cm³/mol. The van der Waals surface area contributed by atoms with Crippen molar-refractivity contribution in [3.05, 3.63) is 58.1 Å². The maximum absolute atomic E-state index is 11.3. The Hall–Kier alpha value is -2.14. The van der Waals surface area contributed by atoms with Gasteiger partial charge in [-0.05, 0) is 58.4 Å². The topological polar surface area (TPSA) is 52.6 Å². The number of aldehydes is 1. The van der Waals surface area contributed by atoms with Gasteiger partial charge in [0.15, 0.2) is 0 Å². The van der Waals surface area contributed by atoms with Crippen molar-refractivity contribution < 1.29 is 19.1 Å². The van der Waals surface area contributed by atoms with Crippen LogP contribution in [-0.2, 0) is 4.74 Å². The van der Waals surface area contributed by atoms with E-state index < -0.39 is 5.97 Å². The molecule has 0 spiro atoms. The third-order valence-corrected chi connectivity index (χ3v) is 3.21. The van der Waals surface area contributed by atoms with Crippen LogP contribution in [0, 0.1) is 0 Å². The summed E-state index contributed by atoms with van der Waals surface area (Å²) in [6.45, 7) is 0. The Labute approximate surface area is 124 Å². The van der Waals surface area contributed by atoms with Gasteiger partial charge in [-0.2, -0.15) is 0 Å². The molecule has 4 nitrogen and oxygen atoms in total. The standard InChI is InChI=1S/C15H11BrO4/c1-19-15(18)11-3-5-12(6-4-11)20-14-7-2-10(9-17)8-13(14)16/h2-9H,1H3. The minimum Gasteiger partial charge on any atom is -0.465 e. The molecule has 0 aliphatic carbocycles. The van der Waals surface area contributed by atoms with Crippen molar-refractivity contribution in [2.75, 3.05) is 7.11 Å². The smallest absolute Gasteiger partial charge is 0.337 e. The molecule has 20 heavy (non-hydrogen) atoms. The average Bonchev–Trinajstić information content (AvgIpc) is 2.49. The van der Waals surface area contributed by atoms with Crippen LogP contribution >= 0.6 is 15.9 Å². The molecule has 0 unspecified atom stereocenters. The lowest BCUT2D eigenvalue weighted by molar-refractivity contribution is 0.0600. The summed E-state index contributed by atoms with van der Waals surface area (Å²) < 4.78 is 11.0. The molecule has 0 aliphatic rings. The quantitative estimate of drug-likeness (QED) is 0.629. The normalized spacial score (nSPS) is 9.90. The third kappa shape index (κ3) is 3.24. The second-order valence-electron chi connectivity index (χ2n) is 3.93. The van der Waals surface area contributed by atoms with Gasteiger partial charge in [0.2, 0.25) is 0 Å². The van der Waals surface area contributed by atoms with Gasteiger partial charge in [0.25, 0.3) is 0 Å². The lowest BCUT2D eigenvalue weighted by Crippen LogP contribution is -2.00. The largest absolute Gasteiger partial charge is 0.465 e. The monoisotopic (exact) mass is 334 g/mol. The Morgan fingerprint density at radius 3 is 2.40 bits per heavy atom. The van der Waals surface area contributed by atoms with Crippen molar-refractivity contribution in [3.63, 3.8) is 0 Å². The minimum absolute atomic E-state index is 0.395. The molecule has 102 valence electrons. The van der Waals surface area contributed by atoms with Gasteiger partial charge in [-0.15, -0.1) is 0 Å². The first kappa shape index (κ1) is 14.3. The second kappa shape index (κ2) is 6.34. The zero-order valence-electron chi connectivity index (χ0n) is 10.6. The maximum atomic E-state index is 11.3. The molecule has 0 fully saturated rings. The number of hydrogen-bond acceptors (Lipinski definition) is 4. The number of halogens is 1. The van der Waals surface area contributed by atoms with E-state index in [0.29, 0.717) is 27.1 Å². The molecule has 0 saturated heterocycles. The molecule has 5 heteroatoms. The molecule has 0 heterocycles. The van der Waals surface area contributed by atoms with E-state index in [0.717, 1.165) is 6.29 Å². The number of ether oxygens (including phenoxy) is 2. The van der Waals surface area contributed by atoms with Crippen LogP contribution in [-0.4, -0.2) is 19.4 Å². The van der Waals surface area contributed by atoms with Gasteiger partial charge in [-0.3, -0.25) is 4.79 Å². The fourth-order valence-electron chi connectivity index (χ4n) is 1.58. The highest BCUT2D eigenvalue weighted by atomic mass is 79.9. The molecular weight excluding hydrogens is 324 g/mol. The van der Waals surface area contributed by atoms with Gasteiger partial charge in [0, 0.05) is 5.56 Å². The zero-order chi connectivity index (χ0) is 14.5. The van der Waals surface area contributed by atoms with Gasteiger partial charge in [-0.1, -0.05) is 0 Å². The molecule has 0 N–H and O–H groups in total. The van der Waals surface area contributed by atoms with Crippen LogP contribution in [0.3, 0.4) is 0 Å².